The second kappa shape index (κ2) is 10.2. The van der Waals surface area contributed by atoms with E-state index in [4.69, 9.17) is 5.26 Å². The van der Waals surface area contributed by atoms with E-state index in [0.717, 1.165) is 11.1 Å². The first kappa shape index (κ1) is 17.1. The van der Waals surface area contributed by atoms with Gasteiger partial charge < -0.3 is 0 Å². The first-order valence-electron chi connectivity index (χ1n) is 6.16. The molecule has 0 aliphatic rings. The summed E-state index contributed by atoms with van der Waals surface area (Å²) in [6.45, 7) is 14.2. The SMILES string of the molecule is CC.CC.Cc1ccc(C(C)C)cc1C#N. The molecule has 90 valence electrons. The van der Waals surface area contributed by atoms with Gasteiger partial charge in [0.05, 0.1) is 11.6 Å². The topological polar surface area (TPSA) is 23.8 Å². The number of nitrogens with zero attached hydrogens (tertiary/aromatic N) is 1. The lowest BCUT2D eigenvalue weighted by atomic mass is 9.98. The molecule has 0 saturated carbocycles. The highest BCUT2D eigenvalue weighted by molar-refractivity contribution is 5.40. The smallest absolute Gasteiger partial charge is 0.0994 e. The van der Waals surface area contributed by atoms with Crippen LogP contribution >= 0.6 is 0 Å². The molecule has 1 heteroatoms. The summed E-state index contributed by atoms with van der Waals surface area (Å²) in [6.07, 6.45) is 0. The van der Waals surface area contributed by atoms with Gasteiger partial charge in [-0.3, -0.25) is 0 Å². The summed E-state index contributed by atoms with van der Waals surface area (Å²) in [5.74, 6) is 0.498. The van der Waals surface area contributed by atoms with Gasteiger partial charge in [-0.05, 0) is 30.0 Å². The van der Waals surface area contributed by atoms with Gasteiger partial charge in [0.25, 0.3) is 0 Å². The Kier molecular flexibility index (Phi) is 10.9. The van der Waals surface area contributed by atoms with Gasteiger partial charge in [0.15, 0.2) is 0 Å². The van der Waals surface area contributed by atoms with Crippen LogP contribution in [0, 0.1) is 18.3 Å². The maximum Gasteiger partial charge on any atom is 0.0994 e. The number of benzene rings is 1. The molecule has 1 nitrogen and oxygen atoms in total. The van der Waals surface area contributed by atoms with E-state index < -0.39 is 0 Å². The van der Waals surface area contributed by atoms with E-state index in [2.05, 4.69) is 26.0 Å². The van der Waals surface area contributed by atoms with E-state index in [1.807, 2.05) is 46.8 Å². The Balaban J connectivity index is 0. The normalized spacial score (nSPS) is 8.19. The molecule has 0 fully saturated rings. The summed E-state index contributed by atoms with van der Waals surface area (Å²) < 4.78 is 0. The second-order valence-electron chi connectivity index (χ2n) is 3.34. The maximum absolute atomic E-state index is 8.77. The lowest BCUT2D eigenvalue weighted by Crippen LogP contribution is -1.90. The van der Waals surface area contributed by atoms with Gasteiger partial charge in [0.1, 0.15) is 0 Å². The van der Waals surface area contributed by atoms with Crippen molar-refractivity contribution >= 4 is 0 Å². The van der Waals surface area contributed by atoms with Crippen LogP contribution in [0.4, 0.5) is 0 Å². The molecule has 16 heavy (non-hydrogen) atoms. The lowest BCUT2D eigenvalue weighted by molar-refractivity contribution is 0.865. The minimum atomic E-state index is 0.498. The third kappa shape index (κ3) is 5.56. The Bertz CT molecular complexity index is 319. The van der Waals surface area contributed by atoms with Crippen LogP contribution < -0.4 is 0 Å². The Labute approximate surface area is 101 Å². The number of aryl methyl sites for hydroxylation is 1. The van der Waals surface area contributed by atoms with E-state index in [1.165, 1.54) is 5.56 Å². The molecular weight excluding hydrogens is 194 g/mol. The molecule has 0 saturated heterocycles. The molecule has 0 bridgehead atoms. The molecule has 0 aromatic heterocycles. The molecule has 1 aromatic rings. The standard InChI is InChI=1S/C11H13N.2C2H6/c1-8(2)10-5-4-9(3)11(6-10)7-12;2*1-2/h4-6,8H,1-3H3;2*1-2H3. The zero-order valence-corrected chi connectivity index (χ0v) is 11.8. The maximum atomic E-state index is 8.77. The molecule has 0 amide bonds. The van der Waals surface area contributed by atoms with Crippen LogP contribution in [0.5, 0.6) is 0 Å². The van der Waals surface area contributed by atoms with Crippen molar-refractivity contribution in [3.8, 4) is 6.07 Å². The van der Waals surface area contributed by atoms with Crippen molar-refractivity contribution < 1.29 is 0 Å². The molecule has 0 unspecified atom stereocenters. The van der Waals surface area contributed by atoms with Gasteiger partial charge in [0, 0.05) is 0 Å². The summed E-state index contributed by atoms with van der Waals surface area (Å²) in [6, 6.07) is 8.25. The Morgan fingerprint density at radius 1 is 1.06 bits per heavy atom. The van der Waals surface area contributed by atoms with E-state index >= 15 is 0 Å². The molecule has 0 radical (unpaired) electrons. The highest BCUT2D eigenvalue weighted by atomic mass is 14.2. The van der Waals surface area contributed by atoms with Crippen molar-refractivity contribution in [1.29, 1.82) is 5.26 Å². The molecule has 0 atom stereocenters. The number of nitriles is 1. The van der Waals surface area contributed by atoms with Crippen molar-refractivity contribution in [2.24, 2.45) is 0 Å². The quantitative estimate of drug-likeness (QED) is 0.649. The summed E-state index contributed by atoms with van der Waals surface area (Å²) in [7, 11) is 0. The predicted octanol–water partition coefficient (Wildman–Crippen LogP) is 5.04. The van der Waals surface area contributed by atoms with Gasteiger partial charge >= 0.3 is 0 Å². The average molecular weight is 219 g/mol. The van der Waals surface area contributed by atoms with Crippen molar-refractivity contribution in [1.82, 2.24) is 0 Å². The molecule has 0 N–H and O–H groups in total. The van der Waals surface area contributed by atoms with E-state index in [0.29, 0.717) is 5.92 Å². The number of rotatable bonds is 1. The van der Waals surface area contributed by atoms with E-state index in [-0.39, 0.29) is 0 Å². The van der Waals surface area contributed by atoms with Gasteiger partial charge in [-0.15, -0.1) is 0 Å². The third-order valence-corrected chi connectivity index (χ3v) is 2.05. The largest absolute Gasteiger partial charge is 0.192 e. The van der Waals surface area contributed by atoms with Crippen LogP contribution in [-0.2, 0) is 0 Å². The molecule has 0 spiro atoms. The van der Waals surface area contributed by atoms with Crippen LogP contribution in [-0.4, -0.2) is 0 Å². The second-order valence-corrected chi connectivity index (χ2v) is 3.34. The fraction of sp³-hybridized carbons (Fsp3) is 0.533. The van der Waals surface area contributed by atoms with Gasteiger partial charge in [-0.2, -0.15) is 5.26 Å². The van der Waals surface area contributed by atoms with Crippen LogP contribution in [0.25, 0.3) is 0 Å². The van der Waals surface area contributed by atoms with Gasteiger partial charge in [0.2, 0.25) is 0 Å². The monoisotopic (exact) mass is 219 g/mol. The Morgan fingerprint density at radius 3 is 1.94 bits per heavy atom. The number of hydrogen-bond acceptors (Lipinski definition) is 1. The van der Waals surface area contributed by atoms with Crippen LogP contribution in [0.1, 0.15) is 64.2 Å². The molecule has 0 aliphatic carbocycles. The minimum Gasteiger partial charge on any atom is -0.192 e. The van der Waals surface area contributed by atoms with E-state index in [1.54, 1.807) is 0 Å². The van der Waals surface area contributed by atoms with Crippen molar-refractivity contribution in [3.05, 3.63) is 34.9 Å². The van der Waals surface area contributed by atoms with Gasteiger partial charge in [-0.1, -0.05) is 53.7 Å². The fourth-order valence-electron chi connectivity index (χ4n) is 1.12. The predicted molar refractivity (Wildman–Crippen MR) is 72.7 cm³/mol. The van der Waals surface area contributed by atoms with Crippen molar-refractivity contribution in [2.75, 3.05) is 0 Å². The average Bonchev–Trinajstić information content (AvgIpc) is 2.34. The minimum absolute atomic E-state index is 0.498. The summed E-state index contributed by atoms with van der Waals surface area (Å²) in [5, 5.41) is 8.77. The molecule has 0 heterocycles. The molecule has 1 rings (SSSR count). The summed E-state index contributed by atoms with van der Waals surface area (Å²) in [4.78, 5) is 0. The Morgan fingerprint density at radius 2 is 1.56 bits per heavy atom. The van der Waals surface area contributed by atoms with Crippen molar-refractivity contribution in [3.63, 3.8) is 0 Å². The first-order chi connectivity index (χ1) is 7.65. The summed E-state index contributed by atoms with van der Waals surface area (Å²) >= 11 is 0. The molecular formula is C15H25N. The van der Waals surface area contributed by atoms with Crippen LogP contribution in [0.2, 0.25) is 0 Å². The third-order valence-electron chi connectivity index (χ3n) is 2.05. The Hall–Kier alpha value is -1.29. The fourth-order valence-corrected chi connectivity index (χ4v) is 1.12. The van der Waals surface area contributed by atoms with Crippen LogP contribution in [0.15, 0.2) is 18.2 Å². The summed E-state index contributed by atoms with van der Waals surface area (Å²) in [5.41, 5.74) is 3.08. The highest BCUT2D eigenvalue weighted by Gasteiger charge is 2.01. The zero-order chi connectivity index (χ0) is 13.1. The first-order valence-corrected chi connectivity index (χ1v) is 6.16. The number of hydrogen-bond donors (Lipinski definition) is 0. The van der Waals surface area contributed by atoms with Crippen molar-refractivity contribution in [2.45, 2.75) is 54.4 Å². The zero-order valence-electron chi connectivity index (χ0n) is 11.8. The van der Waals surface area contributed by atoms with Crippen LogP contribution in [0.3, 0.4) is 0 Å². The molecule has 0 aliphatic heterocycles. The molecule has 1 aromatic carbocycles. The lowest BCUT2D eigenvalue weighted by Gasteiger charge is -2.06. The van der Waals surface area contributed by atoms with Gasteiger partial charge in [-0.25, -0.2) is 0 Å². The van der Waals surface area contributed by atoms with E-state index in [9.17, 15) is 0 Å². The highest BCUT2D eigenvalue weighted by Crippen LogP contribution is 2.17.